The summed E-state index contributed by atoms with van der Waals surface area (Å²) in [5.74, 6) is -0.316. The Bertz CT molecular complexity index is 1000. The fraction of sp³-hybridized carbons (Fsp3) is 0.158. The van der Waals surface area contributed by atoms with Gasteiger partial charge in [-0.1, -0.05) is 24.3 Å². The molecule has 0 aliphatic rings. The second-order valence-corrected chi connectivity index (χ2v) is 6.93. The molecule has 2 N–H and O–H groups in total. The Morgan fingerprint density at radius 2 is 1.93 bits per heavy atom. The van der Waals surface area contributed by atoms with Gasteiger partial charge in [0.1, 0.15) is 11.4 Å². The molecule has 2 aromatic carbocycles. The number of benzene rings is 2. The number of aryl methyl sites for hydroxylation is 1. The van der Waals surface area contributed by atoms with Gasteiger partial charge in [-0.3, -0.25) is 4.68 Å². The van der Waals surface area contributed by atoms with Crippen LogP contribution >= 0.6 is 15.9 Å². The number of halogens is 4. The topological polar surface area (TPSA) is 68.2 Å². The van der Waals surface area contributed by atoms with E-state index in [4.69, 9.17) is 0 Å². The first-order chi connectivity index (χ1) is 13.7. The van der Waals surface area contributed by atoms with E-state index in [1.54, 1.807) is 22.9 Å². The number of amides is 2. The molecular formula is C19H16BrF3N4O2. The Morgan fingerprint density at radius 3 is 2.55 bits per heavy atom. The van der Waals surface area contributed by atoms with E-state index >= 15 is 0 Å². The molecule has 0 aliphatic heterocycles. The van der Waals surface area contributed by atoms with Crippen LogP contribution in [0.2, 0.25) is 0 Å². The summed E-state index contributed by atoms with van der Waals surface area (Å²) in [5, 5.41) is 9.73. The summed E-state index contributed by atoms with van der Waals surface area (Å²) in [7, 11) is 1.81. The first-order valence-corrected chi connectivity index (χ1v) is 9.18. The number of ether oxygens (including phenoxy) is 1. The minimum absolute atomic E-state index is 0.142. The van der Waals surface area contributed by atoms with Crippen molar-refractivity contribution in [2.24, 2.45) is 7.05 Å². The van der Waals surface area contributed by atoms with Crippen LogP contribution < -0.4 is 15.4 Å². The average Bonchev–Trinajstić information content (AvgIpc) is 2.98. The maximum absolute atomic E-state index is 12.2. The molecule has 152 valence electrons. The first-order valence-electron chi connectivity index (χ1n) is 8.39. The van der Waals surface area contributed by atoms with E-state index < -0.39 is 12.4 Å². The molecule has 29 heavy (non-hydrogen) atoms. The number of aromatic nitrogens is 2. The summed E-state index contributed by atoms with van der Waals surface area (Å²) >= 11 is 3.45. The second kappa shape index (κ2) is 8.56. The average molecular weight is 469 g/mol. The van der Waals surface area contributed by atoms with Crippen molar-refractivity contribution in [2.45, 2.75) is 12.9 Å². The molecule has 3 rings (SSSR count). The summed E-state index contributed by atoms with van der Waals surface area (Å²) in [5.41, 5.74) is 2.78. The van der Waals surface area contributed by atoms with E-state index in [2.05, 4.69) is 36.4 Å². The van der Waals surface area contributed by atoms with Crippen LogP contribution in [-0.2, 0) is 13.6 Å². The predicted octanol–water partition coefficient (Wildman–Crippen LogP) is 5.07. The number of nitrogens with zero attached hydrogens (tertiary/aromatic N) is 2. The lowest BCUT2D eigenvalue weighted by molar-refractivity contribution is -0.274. The van der Waals surface area contributed by atoms with Gasteiger partial charge >= 0.3 is 12.4 Å². The lowest BCUT2D eigenvalue weighted by Crippen LogP contribution is -2.28. The highest BCUT2D eigenvalue weighted by Gasteiger charge is 2.30. The van der Waals surface area contributed by atoms with Crippen molar-refractivity contribution >= 4 is 27.6 Å². The third-order valence-electron chi connectivity index (χ3n) is 3.79. The molecule has 0 atom stereocenters. The van der Waals surface area contributed by atoms with Gasteiger partial charge in [-0.15, -0.1) is 13.2 Å². The zero-order chi connectivity index (χ0) is 21.0. The van der Waals surface area contributed by atoms with Crippen molar-refractivity contribution in [3.05, 3.63) is 64.8 Å². The number of carbonyl (C=O) groups excluding carboxylic acids is 1. The molecule has 10 heteroatoms. The smallest absolute Gasteiger partial charge is 0.406 e. The number of hydrogen-bond donors (Lipinski definition) is 2. The van der Waals surface area contributed by atoms with Crippen LogP contribution in [0.15, 0.2) is 59.2 Å². The third-order valence-corrected chi connectivity index (χ3v) is 4.37. The maximum atomic E-state index is 12.2. The van der Waals surface area contributed by atoms with E-state index in [-0.39, 0.29) is 12.3 Å². The second-order valence-electron chi connectivity index (χ2n) is 6.08. The quantitative estimate of drug-likeness (QED) is 0.549. The van der Waals surface area contributed by atoms with Crippen molar-refractivity contribution in [3.63, 3.8) is 0 Å². The molecule has 0 bridgehead atoms. The van der Waals surface area contributed by atoms with Gasteiger partial charge in [-0.05, 0) is 45.8 Å². The lowest BCUT2D eigenvalue weighted by Gasteiger charge is -2.10. The number of hydrogen-bond acceptors (Lipinski definition) is 3. The fourth-order valence-electron chi connectivity index (χ4n) is 2.57. The number of rotatable bonds is 5. The summed E-state index contributed by atoms with van der Waals surface area (Å²) in [4.78, 5) is 12.1. The van der Waals surface area contributed by atoms with E-state index in [1.807, 2.05) is 19.3 Å². The van der Waals surface area contributed by atoms with Crippen LogP contribution in [0.25, 0.3) is 11.3 Å². The number of alkyl halides is 3. The monoisotopic (exact) mass is 468 g/mol. The van der Waals surface area contributed by atoms with Crippen LogP contribution in [0.4, 0.5) is 23.7 Å². The highest BCUT2D eigenvalue weighted by atomic mass is 79.9. The zero-order valence-electron chi connectivity index (χ0n) is 15.1. The number of nitrogens with one attached hydrogen (secondary N) is 2. The lowest BCUT2D eigenvalue weighted by atomic mass is 10.1. The molecule has 0 saturated heterocycles. The molecule has 1 heterocycles. The summed E-state index contributed by atoms with van der Waals surface area (Å²) in [6.07, 6.45) is -2.91. The molecule has 1 aromatic heterocycles. The van der Waals surface area contributed by atoms with Crippen LogP contribution in [0.3, 0.4) is 0 Å². The van der Waals surface area contributed by atoms with Gasteiger partial charge in [0.05, 0.1) is 4.47 Å². The van der Waals surface area contributed by atoms with Crippen molar-refractivity contribution < 1.29 is 22.7 Å². The van der Waals surface area contributed by atoms with Crippen LogP contribution in [-0.4, -0.2) is 22.2 Å². The number of urea groups is 1. The highest BCUT2D eigenvalue weighted by molar-refractivity contribution is 9.10. The van der Waals surface area contributed by atoms with Gasteiger partial charge in [-0.25, -0.2) is 4.79 Å². The summed E-state index contributed by atoms with van der Waals surface area (Å²) < 4.78 is 42.8. The highest BCUT2D eigenvalue weighted by Crippen LogP contribution is 2.28. The normalized spacial score (nSPS) is 11.2. The number of carbonyl (C=O) groups is 1. The van der Waals surface area contributed by atoms with Gasteiger partial charge in [0.2, 0.25) is 0 Å². The minimum atomic E-state index is -4.74. The van der Waals surface area contributed by atoms with Crippen LogP contribution in [0.5, 0.6) is 5.75 Å². The Balaban J connectivity index is 1.57. The maximum Gasteiger partial charge on any atom is 0.573 e. The molecule has 0 saturated carbocycles. The Kier molecular flexibility index (Phi) is 6.12. The summed E-state index contributed by atoms with van der Waals surface area (Å²) in [6, 6.07) is 12.0. The Labute approximate surface area is 172 Å². The molecule has 0 radical (unpaired) electrons. The minimum Gasteiger partial charge on any atom is -0.406 e. The largest absolute Gasteiger partial charge is 0.573 e. The Hall–Kier alpha value is -3.01. The first kappa shape index (κ1) is 20.7. The zero-order valence-corrected chi connectivity index (χ0v) is 16.7. The van der Waals surface area contributed by atoms with E-state index in [0.717, 1.165) is 15.7 Å². The summed E-state index contributed by atoms with van der Waals surface area (Å²) in [6.45, 7) is 0.142. The van der Waals surface area contributed by atoms with Gasteiger partial charge in [0, 0.05) is 31.0 Å². The Morgan fingerprint density at radius 1 is 1.21 bits per heavy atom. The molecule has 0 aliphatic carbocycles. The molecule has 2 amide bonds. The van der Waals surface area contributed by atoms with Crippen molar-refractivity contribution in [1.29, 1.82) is 0 Å². The standard InChI is InChI=1S/C19H16BrF3N4O2/c1-27-11-16(20)17(26-27)13-3-2-4-14(9-13)25-18(28)24-10-12-5-7-15(8-6-12)29-19(21,22)23/h2-9,11H,10H2,1H3,(H2,24,25,28). The molecule has 3 aromatic rings. The van der Waals surface area contributed by atoms with Crippen molar-refractivity contribution in [3.8, 4) is 17.0 Å². The van der Waals surface area contributed by atoms with Crippen LogP contribution in [0.1, 0.15) is 5.56 Å². The molecule has 0 unspecified atom stereocenters. The van der Waals surface area contributed by atoms with E-state index in [1.165, 1.54) is 24.3 Å². The van der Waals surface area contributed by atoms with Crippen molar-refractivity contribution in [2.75, 3.05) is 5.32 Å². The third kappa shape index (κ3) is 5.98. The molecule has 0 fully saturated rings. The SMILES string of the molecule is Cn1cc(Br)c(-c2cccc(NC(=O)NCc3ccc(OC(F)(F)F)cc3)c2)n1. The van der Waals surface area contributed by atoms with Crippen molar-refractivity contribution in [1.82, 2.24) is 15.1 Å². The molecule has 0 spiro atoms. The van der Waals surface area contributed by atoms with E-state index in [0.29, 0.717) is 11.3 Å². The van der Waals surface area contributed by atoms with Gasteiger partial charge in [0.15, 0.2) is 0 Å². The number of anilines is 1. The molecule has 6 nitrogen and oxygen atoms in total. The predicted molar refractivity (Wildman–Crippen MR) is 105 cm³/mol. The van der Waals surface area contributed by atoms with Gasteiger partial charge < -0.3 is 15.4 Å². The van der Waals surface area contributed by atoms with Gasteiger partial charge in [-0.2, -0.15) is 5.10 Å². The fourth-order valence-corrected chi connectivity index (χ4v) is 3.17. The van der Waals surface area contributed by atoms with Crippen LogP contribution in [0, 0.1) is 0 Å². The van der Waals surface area contributed by atoms with E-state index in [9.17, 15) is 18.0 Å². The molecular weight excluding hydrogens is 453 g/mol. The van der Waals surface area contributed by atoms with Gasteiger partial charge in [0.25, 0.3) is 0 Å².